The smallest absolute Gasteiger partial charge is 0.170 e. The first-order valence-electron chi connectivity index (χ1n) is 11.7. The zero-order valence-corrected chi connectivity index (χ0v) is 24.4. The Labute approximate surface area is 244 Å². The second kappa shape index (κ2) is 15.3. The van der Waals surface area contributed by atoms with E-state index in [0.29, 0.717) is 30.3 Å². The van der Waals surface area contributed by atoms with Crippen LogP contribution in [0.1, 0.15) is 12.8 Å². The van der Waals surface area contributed by atoms with Crippen molar-refractivity contribution in [1.82, 2.24) is 20.4 Å². The van der Waals surface area contributed by atoms with Gasteiger partial charge in [-0.3, -0.25) is 0 Å². The summed E-state index contributed by atoms with van der Waals surface area (Å²) in [7, 11) is 0. The molecule has 196 valence electrons. The van der Waals surface area contributed by atoms with Gasteiger partial charge in [0.05, 0.1) is 21.4 Å². The molecule has 4 N–H and O–H groups in total. The summed E-state index contributed by atoms with van der Waals surface area (Å²) in [5.74, 6) is 0. The van der Waals surface area contributed by atoms with Gasteiger partial charge in [0.25, 0.3) is 0 Å². The van der Waals surface area contributed by atoms with Crippen LogP contribution >= 0.6 is 70.8 Å². The molecule has 0 radical (unpaired) electrons. The van der Waals surface area contributed by atoms with Crippen molar-refractivity contribution < 1.29 is 0 Å². The van der Waals surface area contributed by atoms with Gasteiger partial charge < -0.3 is 31.1 Å². The molecule has 0 saturated carbocycles. The highest BCUT2D eigenvalue weighted by Gasteiger charge is 2.16. The molecule has 0 amide bonds. The van der Waals surface area contributed by atoms with Crippen LogP contribution in [-0.4, -0.2) is 72.4 Å². The van der Waals surface area contributed by atoms with Crippen LogP contribution in [0.15, 0.2) is 36.4 Å². The monoisotopic (exact) mass is 606 g/mol. The molecule has 0 atom stereocenters. The lowest BCUT2D eigenvalue weighted by Crippen LogP contribution is -2.47. The number of rotatable bonds is 10. The topological polar surface area (TPSA) is 54.6 Å². The predicted octanol–water partition coefficient (Wildman–Crippen LogP) is 5.97. The van der Waals surface area contributed by atoms with E-state index in [-0.39, 0.29) is 0 Å². The number of halogens is 4. The molecular weight excluding hydrogens is 578 g/mol. The Balaban J connectivity index is 1.21. The van der Waals surface area contributed by atoms with Crippen LogP contribution in [0.2, 0.25) is 20.1 Å². The second-order valence-electron chi connectivity index (χ2n) is 8.40. The zero-order valence-electron chi connectivity index (χ0n) is 19.8. The molecule has 1 fully saturated rings. The SMILES string of the molecule is S=C(NCCCN1CCN(CCCNC(=S)Nc2ccc(Cl)cc2Cl)CC1)Nc1ccc(Cl)cc1Cl. The average Bonchev–Trinajstić information content (AvgIpc) is 2.84. The third-order valence-electron chi connectivity index (χ3n) is 5.70. The van der Waals surface area contributed by atoms with E-state index in [1.165, 1.54) is 0 Å². The van der Waals surface area contributed by atoms with Gasteiger partial charge in [-0.1, -0.05) is 46.4 Å². The van der Waals surface area contributed by atoms with Crippen molar-refractivity contribution in [2.45, 2.75) is 12.8 Å². The molecular formula is C24H30Cl4N6S2. The molecule has 6 nitrogen and oxygen atoms in total. The van der Waals surface area contributed by atoms with Crippen LogP contribution in [0.4, 0.5) is 11.4 Å². The lowest BCUT2D eigenvalue weighted by Gasteiger charge is -2.34. The highest BCUT2D eigenvalue weighted by Crippen LogP contribution is 2.26. The average molecular weight is 608 g/mol. The quantitative estimate of drug-likeness (QED) is 0.195. The van der Waals surface area contributed by atoms with Crippen LogP contribution in [0.3, 0.4) is 0 Å². The first kappa shape index (κ1) is 29.5. The zero-order chi connectivity index (χ0) is 25.9. The predicted molar refractivity (Wildman–Crippen MR) is 163 cm³/mol. The van der Waals surface area contributed by atoms with Crippen molar-refractivity contribution in [1.29, 1.82) is 0 Å². The van der Waals surface area contributed by atoms with Crippen LogP contribution in [-0.2, 0) is 0 Å². The minimum atomic E-state index is 0.544. The van der Waals surface area contributed by atoms with Crippen molar-refractivity contribution >= 4 is 92.4 Å². The Kier molecular flexibility index (Phi) is 12.6. The van der Waals surface area contributed by atoms with E-state index in [1.54, 1.807) is 24.3 Å². The van der Waals surface area contributed by atoms with Crippen molar-refractivity contribution in [3.8, 4) is 0 Å². The molecule has 36 heavy (non-hydrogen) atoms. The number of anilines is 2. The summed E-state index contributed by atoms with van der Waals surface area (Å²) in [4.78, 5) is 5.00. The van der Waals surface area contributed by atoms with E-state index in [0.717, 1.165) is 76.6 Å². The van der Waals surface area contributed by atoms with Gasteiger partial charge in [0.2, 0.25) is 0 Å². The van der Waals surface area contributed by atoms with Gasteiger partial charge in [-0.15, -0.1) is 0 Å². The molecule has 0 aromatic heterocycles. The largest absolute Gasteiger partial charge is 0.362 e. The fraction of sp³-hybridized carbons (Fsp3) is 0.417. The van der Waals surface area contributed by atoms with E-state index >= 15 is 0 Å². The number of benzene rings is 2. The molecule has 1 heterocycles. The van der Waals surface area contributed by atoms with Gasteiger partial charge in [-0.05, 0) is 86.8 Å². The summed E-state index contributed by atoms with van der Waals surface area (Å²) < 4.78 is 0. The maximum atomic E-state index is 6.18. The molecule has 2 aromatic rings. The first-order valence-corrected chi connectivity index (χ1v) is 14.1. The van der Waals surface area contributed by atoms with E-state index < -0.39 is 0 Å². The standard InChI is InChI=1S/C24H30Cl4N6S2/c25-17-3-5-21(19(27)15-17)31-23(35)29-7-1-9-33-11-13-34(14-12-33)10-2-8-30-24(36)32-22-6-4-18(26)16-20(22)28/h3-6,15-16H,1-2,7-14H2,(H2,29,31,35)(H2,30,32,36). The van der Waals surface area contributed by atoms with Gasteiger partial charge in [0.15, 0.2) is 10.2 Å². The molecule has 1 aliphatic heterocycles. The Morgan fingerprint density at radius 3 is 1.42 bits per heavy atom. The van der Waals surface area contributed by atoms with Gasteiger partial charge in [0.1, 0.15) is 0 Å². The second-order valence-corrected chi connectivity index (χ2v) is 10.9. The van der Waals surface area contributed by atoms with Crippen molar-refractivity contribution in [2.75, 3.05) is 63.0 Å². The number of hydrogen-bond acceptors (Lipinski definition) is 4. The third kappa shape index (κ3) is 10.3. The summed E-state index contributed by atoms with van der Waals surface area (Å²) in [5, 5.41) is 16.1. The molecule has 0 spiro atoms. The van der Waals surface area contributed by atoms with Crippen LogP contribution < -0.4 is 21.3 Å². The van der Waals surface area contributed by atoms with Crippen molar-refractivity contribution in [3.05, 3.63) is 56.5 Å². The molecule has 0 bridgehead atoms. The minimum Gasteiger partial charge on any atom is -0.362 e. The fourth-order valence-corrected chi connectivity index (χ4v) is 5.10. The van der Waals surface area contributed by atoms with Gasteiger partial charge >= 0.3 is 0 Å². The molecule has 1 saturated heterocycles. The van der Waals surface area contributed by atoms with E-state index in [1.807, 2.05) is 12.1 Å². The Morgan fingerprint density at radius 2 is 1.06 bits per heavy atom. The summed E-state index contributed by atoms with van der Waals surface area (Å²) in [5.41, 5.74) is 1.49. The number of piperazine rings is 1. The first-order chi connectivity index (χ1) is 17.3. The maximum Gasteiger partial charge on any atom is 0.170 e. The third-order valence-corrected chi connectivity index (χ3v) is 7.29. The van der Waals surface area contributed by atoms with Gasteiger partial charge in [-0.25, -0.2) is 0 Å². The van der Waals surface area contributed by atoms with Gasteiger partial charge in [0, 0.05) is 49.3 Å². The highest BCUT2D eigenvalue weighted by atomic mass is 35.5. The number of nitrogens with zero attached hydrogens (tertiary/aromatic N) is 2. The summed E-state index contributed by atoms with van der Waals surface area (Å²) in [6.45, 7) is 7.99. The molecule has 1 aliphatic rings. The normalized spacial score (nSPS) is 14.3. The molecule has 12 heteroatoms. The number of nitrogens with one attached hydrogen (secondary N) is 4. The lowest BCUT2D eigenvalue weighted by molar-refractivity contribution is 0.131. The molecule has 0 unspecified atom stereocenters. The Morgan fingerprint density at radius 1 is 0.667 bits per heavy atom. The molecule has 0 aliphatic carbocycles. The van der Waals surface area contributed by atoms with Crippen LogP contribution in [0, 0.1) is 0 Å². The van der Waals surface area contributed by atoms with E-state index in [2.05, 4.69) is 31.1 Å². The van der Waals surface area contributed by atoms with Crippen LogP contribution in [0.25, 0.3) is 0 Å². The van der Waals surface area contributed by atoms with Crippen molar-refractivity contribution in [3.63, 3.8) is 0 Å². The molecule has 2 aromatic carbocycles. The minimum absolute atomic E-state index is 0.544. The van der Waals surface area contributed by atoms with Crippen LogP contribution in [0.5, 0.6) is 0 Å². The fourth-order valence-electron chi connectivity index (χ4n) is 3.76. The summed E-state index contributed by atoms with van der Waals surface area (Å²) in [6, 6.07) is 10.6. The van der Waals surface area contributed by atoms with Crippen molar-refractivity contribution in [2.24, 2.45) is 0 Å². The number of hydrogen-bond donors (Lipinski definition) is 4. The lowest BCUT2D eigenvalue weighted by atomic mass is 10.2. The number of thiocarbonyl (C=S) groups is 2. The summed E-state index contributed by atoms with van der Waals surface area (Å²) in [6.07, 6.45) is 2.03. The molecule has 3 rings (SSSR count). The highest BCUT2D eigenvalue weighted by molar-refractivity contribution is 7.80. The van der Waals surface area contributed by atoms with Gasteiger partial charge in [-0.2, -0.15) is 0 Å². The summed E-state index contributed by atoms with van der Waals surface area (Å²) >= 11 is 34.9. The van der Waals surface area contributed by atoms with E-state index in [9.17, 15) is 0 Å². The Hall–Kier alpha value is -1.10. The maximum absolute atomic E-state index is 6.18. The van der Waals surface area contributed by atoms with E-state index in [4.69, 9.17) is 70.8 Å². The Bertz CT molecular complexity index is 952.